The maximum Gasteiger partial charge on any atom is 0.323 e. The van der Waals surface area contributed by atoms with Crippen molar-refractivity contribution in [2.24, 2.45) is 5.73 Å². The Hall–Kier alpha value is -0.910. The second-order valence-corrected chi connectivity index (χ2v) is 4.17. The number of hydrogen-bond donors (Lipinski definition) is 3. The van der Waals surface area contributed by atoms with E-state index in [1.54, 1.807) is 18.2 Å². The lowest BCUT2D eigenvalue weighted by Gasteiger charge is -2.15. The minimum absolute atomic E-state index is 0.488. The number of benzene rings is 1. The molecule has 4 N–H and O–H groups in total. The van der Waals surface area contributed by atoms with Crippen LogP contribution in [0.5, 0.6) is 0 Å². The van der Waals surface area contributed by atoms with E-state index in [-0.39, 0.29) is 0 Å². The fourth-order valence-electron chi connectivity index (χ4n) is 1.14. The highest BCUT2D eigenvalue weighted by Crippen LogP contribution is 2.23. The second-order valence-electron chi connectivity index (χ2n) is 3.32. The molecule has 1 aromatic carbocycles. The Morgan fingerprint density at radius 3 is 2.60 bits per heavy atom. The fraction of sp³-hybridized carbons (Fsp3) is 0.300. The van der Waals surface area contributed by atoms with Gasteiger partial charge >= 0.3 is 5.97 Å². The van der Waals surface area contributed by atoms with E-state index in [1.807, 2.05) is 6.92 Å². The summed E-state index contributed by atoms with van der Waals surface area (Å²) in [5.41, 5.74) is 6.81. The van der Waals surface area contributed by atoms with Crippen molar-refractivity contribution in [2.75, 3.05) is 0 Å². The van der Waals surface area contributed by atoms with Gasteiger partial charge < -0.3 is 15.9 Å². The molecular weight excluding hydrogens is 262 g/mol. The number of aliphatic hydroxyl groups is 1. The van der Waals surface area contributed by atoms with Gasteiger partial charge in [0.15, 0.2) is 0 Å². The lowest BCUT2D eigenvalue weighted by molar-refractivity contribution is -0.141. The first-order valence-corrected chi connectivity index (χ1v) is 5.15. The molecule has 4 nitrogen and oxygen atoms in total. The summed E-state index contributed by atoms with van der Waals surface area (Å²) in [5.74, 6) is -1.22. The molecule has 0 aliphatic carbocycles. The van der Waals surface area contributed by atoms with Crippen molar-refractivity contribution in [3.63, 3.8) is 0 Å². The van der Waals surface area contributed by atoms with E-state index in [9.17, 15) is 9.90 Å². The molecule has 0 aliphatic heterocycles. The summed E-state index contributed by atoms with van der Waals surface area (Å²) in [6.45, 7) is 1.90. The zero-order valence-electron chi connectivity index (χ0n) is 8.14. The van der Waals surface area contributed by atoms with Gasteiger partial charge in [0.1, 0.15) is 12.1 Å². The van der Waals surface area contributed by atoms with E-state index >= 15 is 0 Å². The smallest absolute Gasteiger partial charge is 0.323 e. The molecular formula is C10H12BrNO3. The Kier molecular flexibility index (Phi) is 3.84. The first kappa shape index (κ1) is 12.2. The van der Waals surface area contributed by atoms with Gasteiger partial charge in [0.2, 0.25) is 0 Å². The number of carboxylic acids is 1. The molecule has 2 atom stereocenters. The van der Waals surface area contributed by atoms with Crippen LogP contribution in [-0.4, -0.2) is 22.2 Å². The lowest BCUT2D eigenvalue weighted by atomic mass is 10.0. The van der Waals surface area contributed by atoms with E-state index in [4.69, 9.17) is 10.8 Å². The third-order valence-electron chi connectivity index (χ3n) is 2.16. The largest absolute Gasteiger partial charge is 0.480 e. The van der Waals surface area contributed by atoms with Crippen LogP contribution in [0.1, 0.15) is 17.2 Å². The minimum Gasteiger partial charge on any atom is -0.480 e. The number of carbonyl (C=O) groups is 1. The molecule has 0 bridgehead atoms. The van der Waals surface area contributed by atoms with Crippen molar-refractivity contribution in [3.05, 3.63) is 33.8 Å². The summed E-state index contributed by atoms with van der Waals surface area (Å²) in [7, 11) is 0. The lowest BCUT2D eigenvalue weighted by Crippen LogP contribution is -2.36. The maximum absolute atomic E-state index is 10.6. The number of nitrogens with two attached hydrogens (primary N) is 1. The zero-order chi connectivity index (χ0) is 11.6. The van der Waals surface area contributed by atoms with E-state index in [0.717, 1.165) is 10.0 Å². The normalized spacial score (nSPS) is 14.7. The van der Waals surface area contributed by atoms with Gasteiger partial charge in [-0.3, -0.25) is 4.79 Å². The quantitative estimate of drug-likeness (QED) is 0.773. The molecule has 15 heavy (non-hydrogen) atoms. The molecule has 0 spiro atoms. The Bertz CT molecular complexity index is 381. The van der Waals surface area contributed by atoms with Gasteiger partial charge in [-0.1, -0.05) is 28.1 Å². The Morgan fingerprint density at radius 1 is 1.53 bits per heavy atom. The second kappa shape index (κ2) is 4.74. The summed E-state index contributed by atoms with van der Waals surface area (Å²) in [5, 5.41) is 18.3. The Labute approximate surface area is 95.8 Å². The standard InChI is InChI=1S/C10H12BrNO3/c1-5-2-3-6(4-7(5)11)9(13)8(12)10(14)15/h2-4,8-9,13H,12H2,1H3,(H,14,15). The predicted octanol–water partition coefficient (Wildman–Crippen LogP) is 1.20. The number of halogens is 1. The molecule has 2 unspecified atom stereocenters. The SMILES string of the molecule is Cc1ccc(C(O)C(N)C(=O)O)cc1Br. The fourth-order valence-corrected chi connectivity index (χ4v) is 1.53. The molecule has 0 saturated heterocycles. The minimum atomic E-state index is -1.31. The van der Waals surface area contributed by atoms with Crippen LogP contribution in [0.25, 0.3) is 0 Å². The maximum atomic E-state index is 10.6. The average molecular weight is 274 g/mol. The zero-order valence-corrected chi connectivity index (χ0v) is 9.73. The first-order valence-electron chi connectivity index (χ1n) is 4.36. The van der Waals surface area contributed by atoms with Gasteiger partial charge in [0.05, 0.1) is 0 Å². The van der Waals surface area contributed by atoms with Crippen LogP contribution in [0.4, 0.5) is 0 Å². The summed E-state index contributed by atoms with van der Waals surface area (Å²) in [4.78, 5) is 10.6. The molecule has 1 aromatic rings. The Balaban J connectivity index is 2.96. The summed E-state index contributed by atoms with van der Waals surface area (Å²) >= 11 is 3.30. The van der Waals surface area contributed by atoms with Crippen LogP contribution in [0.2, 0.25) is 0 Å². The topological polar surface area (TPSA) is 83.5 Å². The van der Waals surface area contributed by atoms with Crippen LogP contribution in [0, 0.1) is 6.92 Å². The monoisotopic (exact) mass is 273 g/mol. The highest BCUT2D eigenvalue weighted by Gasteiger charge is 2.23. The van der Waals surface area contributed by atoms with Crippen molar-refractivity contribution in [2.45, 2.75) is 19.1 Å². The van der Waals surface area contributed by atoms with Gasteiger partial charge in [-0.25, -0.2) is 0 Å². The van der Waals surface area contributed by atoms with Crippen LogP contribution in [0.15, 0.2) is 22.7 Å². The van der Waals surface area contributed by atoms with Crippen LogP contribution in [0.3, 0.4) is 0 Å². The van der Waals surface area contributed by atoms with Crippen molar-refractivity contribution in [1.82, 2.24) is 0 Å². The average Bonchev–Trinajstić information content (AvgIpc) is 2.19. The number of hydrogen-bond acceptors (Lipinski definition) is 3. The van der Waals surface area contributed by atoms with Gasteiger partial charge in [0.25, 0.3) is 0 Å². The van der Waals surface area contributed by atoms with Gasteiger partial charge in [-0.15, -0.1) is 0 Å². The third kappa shape index (κ3) is 2.77. The number of aryl methyl sites for hydroxylation is 1. The van der Waals surface area contributed by atoms with Crippen molar-refractivity contribution < 1.29 is 15.0 Å². The molecule has 0 saturated carbocycles. The third-order valence-corrected chi connectivity index (χ3v) is 3.02. The van der Waals surface area contributed by atoms with Crippen molar-refractivity contribution in [3.8, 4) is 0 Å². The highest BCUT2D eigenvalue weighted by molar-refractivity contribution is 9.10. The first-order chi connectivity index (χ1) is 6.93. The van der Waals surface area contributed by atoms with E-state index in [1.165, 1.54) is 0 Å². The molecule has 0 heterocycles. The molecule has 82 valence electrons. The predicted molar refractivity (Wildman–Crippen MR) is 59.5 cm³/mol. The van der Waals surface area contributed by atoms with Crippen molar-refractivity contribution >= 4 is 21.9 Å². The molecule has 0 fully saturated rings. The van der Waals surface area contributed by atoms with E-state index in [2.05, 4.69) is 15.9 Å². The van der Waals surface area contributed by atoms with Crippen LogP contribution >= 0.6 is 15.9 Å². The number of aliphatic carboxylic acids is 1. The van der Waals surface area contributed by atoms with Crippen molar-refractivity contribution in [1.29, 1.82) is 0 Å². The van der Waals surface area contributed by atoms with Crippen LogP contribution < -0.4 is 5.73 Å². The number of rotatable bonds is 3. The molecule has 1 rings (SSSR count). The van der Waals surface area contributed by atoms with Gasteiger partial charge in [-0.2, -0.15) is 0 Å². The summed E-state index contributed by atoms with van der Waals surface area (Å²) in [6.07, 6.45) is -1.20. The molecule has 0 aliphatic rings. The van der Waals surface area contributed by atoms with Gasteiger partial charge in [-0.05, 0) is 24.1 Å². The molecule has 0 aromatic heterocycles. The van der Waals surface area contributed by atoms with E-state index in [0.29, 0.717) is 5.56 Å². The molecule has 0 radical (unpaired) electrons. The summed E-state index contributed by atoms with van der Waals surface area (Å²) < 4.78 is 0.816. The highest BCUT2D eigenvalue weighted by atomic mass is 79.9. The van der Waals surface area contributed by atoms with E-state index < -0.39 is 18.1 Å². The number of carboxylic acid groups (broad SMARTS) is 1. The number of aliphatic hydroxyl groups excluding tert-OH is 1. The Morgan fingerprint density at radius 2 is 2.13 bits per heavy atom. The van der Waals surface area contributed by atoms with Crippen LogP contribution in [-0.2, 0) is 4.79 Å². The van der Waals surface area contributed by atoms with Gasteiger partial charge in [0, 0.05) is 4.47 Å². The molecule has 5 heteroatoms. The molecule has 0 amide bonds. The summed E-state index contributed by atoms with van der Waals surface area (Å²) in [6, 6.07) is 3.81.